The highest BCUT2D eigenvalue weighted by Crippen LogP contribution is 2.29. The molecule has 0 aliphatic rings. The van der Waals surface area contributed by atoms with Crippen LogP contribution in [0.15, 0.2) is 66.9 Å². The molecule has 0 aliphatic heterocycles. The predicted molar refractivity (Wildman–Crippen MR) is 110 cm³/mol. The normalized spacial score (nSPS) is 10.4. The van der Waals surface area contributed by atoms with Gasteiger partial charge >= 0.3 is 0 Å². The van der Waals surface area contributed by atoms with Gasteiger partial charge in [-0.3, -0.25) is 4.79 Å². The van der Waals surface area contributed by atoms with E-state index in [0.29, 0.717) is 5.56 Å². The van der Waals surface area contributed by atoms with Crippen LogP contribution in [-0.4, -0.2) is 16.0 Å². The molecule has 0 saturated carbocycles. The van der Waals surface area contributed by atoms with Gasteiger partial charge in [-0.05, 0) is 48.6 Å². The van der Waals surface area contributed by atoms with E-state index in [1.54, 1.807) is 48.5 Å². The third-order valence-electron chi connectivity index (χ3n) is 3.84. The number of thiocarbonyl (C=S) groups is 1. The minimum Gasteiger partial charge on any atom is -0.485 e. The predicted octanol–water partition coefficient (Wildman–Crippen LogP) is 4.34. The maximum absolute atomic E-state index is 14.0. The van der Waals surface area contributed by atoms with Gasteiger partial charge in [-0.15, -0.1) is 0 Å². The topological polar surface area (TPSA) is 68.5 Å². The molecule has 3 aromatic rings. The van der Waals surface area contributed by atoms with Crippen LogP contribution in [0.4, 0.5) is 10.2 Å². The molecule has 28 heavy (non-hydrogen) atoms. The van der Waals surface area contributed by atoms with Crippen molar-refractivity contribution in [2.75, 3.05) is 4.90 Å². The third-order valence-corrected chi connectivity index (χ3v) is 4.38. The van der Waals surface area contributed by atoms with E-state index in [9.17, 15) is 9.18 Å². The summed E-state index contributed by atoms with van der Waals surface area (Å²) in [6.45, 7) is -0.158. The number of aromatic nitrogens is 1. The van der Waals surface area contributed by atoms with E-state index < -0.39 is 11.7 Å². The fourth-order valence-corrected chi connectivity index (χ4v) is 2.88. The zero-order valence-electron chi connectivity index (χ0n) is 14.5. The quantitative estimate of drug-likeness (QED) is 0.627. The molecule has 0 unspecified atom stereocenters. The molecule has 1 heterocycles. The van der Waals surface area contributed by atoms with Gasteiger partial charge in [-0.2, -0.15) is 0 Å². The second-order valence-electron chi connectivity index (χ2n) is 5.66. The molecule has 2 N–H and O–H groups in total. The average molecular weight is 416 g/mol. The number of carbonyl (C=O) groups is 1. The smallest absolute Gasteiger partial charge is 0.265 e. The van der Waals surface area contributed by atoms with Gasteiger partial charge in [0.05, 0.1) is 5.02 Å². The molecule has 0 saturated heterocycles. The second-order valence-corrected chi connectivity index (χ2v) is 6.48. The van der Waals surface area contributed by atoms with Crippen molar-refractivity contribution in [3.05, 3.63) is 88.8 Å². The largest absolute Gasteiger partial charge is 0.485 e. The van der Waals surface area contributed by atoms with Gasteiger partial charge in [0.2, 0.25) is 0 Å². The molecular formula is C20H15ClFN3O2S. The highest BCUT2D eigenvalue weighted by atomic mass is 35.5. The Hall–Kier alpha value is -3.03. The van der Waals surface area contributed by atoms with Crippen LogP contribution in [0.3, 0.4) is 0 Å². The van der Waals surface area contributed by atoms with Crippen LogP contribution in [0.25, 0.3) is 0 Å². The van der Waals surface area contributed by atoms with E-state index in [2.05, 4.69) is 4.98 Å². The number of pyridine rings is 1. The number of anilines is 1. The van der Waals surface area contributed by atoms with E-state index in [0.717, 1.165) is 4.90 Å². The van der Waals surface area contributed by atoms with Gasteiger partial charge in [0.15, 0.2) is 16.7 Å². The van der Waals surface area contributed by atoms with Crippen molar-refractivity contribution in [2.24, 2.45) is 5.73 Å². The van der Waals surface area contributed by atoms with Gasteiger partial charge < -0.3 is 10.5 Å². The minimum atomic E-state index is -0.496. The van der Waals surface area contributed by atoms with E-state index >= 15 is 0 Å². The number of ether oxygens (including phenoxy) is 1. The van der Waals surface area contributed by atoms with Crippen LogP contribution in [0.1, 0.15) is 15.9 Å². The summed E-state index contributed by atoms with van der Waals surface area (Å²) >= 11 is 11.1. The maximum Gasteiger partial charge on any atom is 0.265 e. The fraction of sp³-hybridized carbons (Fsp3) is 0.0500. The molecule has 0 aliphatic carbocycles. The Morgan fingerprint density at radius 3 is 2.57 bits per heavy atom. The molecular weight excluding hydrogens is 401 g/mol. The number of nitrogens with zero attached hydrogens (tertiary/aromatic N) is 2. The van der Waals surface area contributed by atoms with Crippen LogP contribution in [0, 0.1) is 5.82 Å². The molecule has 0 radical (unpaired) electrons. The SMILES string of the molecule is NC(=S)N(C(=O)c1ccccc1)c1ncccc1OCc1c(F)cccc1Cl. The minimum absolute atomic E-state index is 0.108. The zero-order chi connectivity index (χ0) is 20.1. The van der Waals surface area contributed by atoms with Crippen LogP contribution < -0.4 is 15.4 Å². The second kappa shape index (κ2) is 8.77. The van der Waals surface area contributed by atoms with Gasteiger partial charge in [0.25, 0.3) is 5.91 Å². The standard InChI is InChI=1S/C20H15ClFN3O2S/c21-15-8-4-9-16(22)14(15)12-27-17-10-5-11-24-18(17)25(20(23)28)19(26)13-6-2-1-3-7-13/h1-11H,12H2,(H2,23,28). The number of benzene rings is 2. The number of hydrogen-bond acceptors (Lipinski definition) is 4. The summed E-state index contributed by atoms with van der Waals surface area (Å²) in [4.78, 5) is 18.2. The molecule has 2 aromatic carbocycles. The first-order chi connectivity index (χ1) is 13.5. The maximum atomic E-state index is 14.0. The average Bonchev–Trinajstić information content (AvgIpc) is 2.69. The summed E-state index contributed by atoms with van der Waals surface area (Å²) in [6, 6.07) is 16.1. The molecule has 8 heteroatoms. The Balaban J connectivity index is 1.93. The monoisotopic (exact) mass is 415 g/mol. The van der Waals surface area contributed by atoms with E-state index in [1.807, 2.05) is 0 Å². The van der Waals surface area contributed by atoms with Crippen LogP contribution in [-0.2, 0) is 6.61 Å². The Bertz CT molecular complexity index is 997. The van der Waals surface area contributed by atoms with Crippen molar-refractivity contribution in [2.45, 2.75) is 6.61 Å². The molecule has 0 bridgehead atoms. The van der Waals surface area contributed by atoms with Gasteiger partial charge in [0, 0.05) is 17.3 Å². The van der Waals surface area contributed by atoms with Crippen molar-refractivity contribution >= 4 is 40.7 Å². The lowest BCUT2D eigenvalue weighted by molar-refractivity contribution is 0.100. The zero-order valence-corrected chi connectivity index (χ0v) is 16.1. The Labute approximate surface area is 171 Å². The molecule has 0 fully saturated rings. The van der Waals surface area contributed by atoms with Crippen molar-refractivity contribution < 1.29 is 13.9 Å². The molecule has 0 atom stereocenters. The van der Waals surface area contributed by atoms with Crippen molar-refractivity contribution in [3.63, 3.8) is 0 Å². The summed E-state index contributed by atoms with van der Waals surface area (Å²) in [7, 11) is 0. The summed E-state index contributed by atoms with van der Waals surface area (Å²) in [5, 5.41) is 0.0401. The fourth-order valence-electron chi connectivity index (χ4n) is 2.49. The van der Waals surface area contributed by atoms with Gasteiger partial charge in [-0.1, -0.05) is 35.9 Å². The van der Waals surface area contributed by atoms with E-state index in [1.165, 1.54) is 18.3 Å². The first-order valence-corrected chi connectivity index (χ1v) is 8.97. The number of rotatable bonds is 5. The summed E-state index contributed by atoms with van der Waals surface area (Å²) in [5.41, 5.74) is 6.36. The van der Waals surface area contributed by atoms with E-state index in [4.69, 9.17) is 34.3 Å². The Kier molecular flexibility index (Phi) is 6.18. The lowest BCUT2D eigenvalue weighted by atomic mass is 10.2. The summed E-state index contributed by atoms with van der Waals surface area (Å²) in [5.74, 6) is -0.639. The van der Waals surface area contributed by atoms with E-state index in [-0.39, 0.29) is 33.9 Å². The van der Waals surface area contributed by atoms with Gasteiger partial charge in [0.1, 0.15) is 12.4 Å². The van der Waals surface area contributed by atoms with Crippen LogP contribution in [0.2, 0.25) is 5.02 Å². The first kappa shape index (κ1) is 19.7. The molecule has 5 nitrogen and oxygen atoms in total. The van der Waals surface area contributed by atoms with Crippen molar-refractivity contribution in [1.29, 1.82) is 0 Å². The lowest BCUT2D eigenvalue weighted by Crippen LogP contribution is -2.41. The Morgan fingerprint density at radius 2 is 1.89 bits per heavy atom. The van der Waals surface area contributed by atoms with Crippen molar-refractivity contribution in [3.8, 4) is 5.75 Å². The highest BCUT2D eigenvalue weighted by Gasteiger charge is 2.25. The summed E-state index contributed by atoms with van der Waals surface area (Å²) < 4.78 is 19.7. The van der Waals surface area contributed by atoms with Crippen LogP contribution >= 0.6 is 23.8 Å². The molecule has 142 valence electrons. The van der Waals surface area contributed by atoms with Crippen molar-refractivity contribution in [1.82, 2.24) is 4.98 Å². The lowest BCUT2D eigenvalue weighted by Gasteiger charge is -2.22. The number of carbonyl (C=O) groups excluding carboxylic acids is 1. The highest BCUT2D eigenvalue weighted by molar-refractivity contribution is 7.80. The molecule has 1 amide bonds. The third kappa shape index (κ3) is 4.27. The van der Waals surface area contributed by atoms with Crippen LogP contribution in [0.5, 0.6) is 5.75 Å². The van der Waals surface area contributed by atoms with Gasteiger partial charge in [-0.25, -0.2) is 14.3 Å². The number of amides is 1. The number of hydrogen-bond donors (Lipinski definition) is 1. The first-order valence-electron chi connectivity index (χ1n) is 8.18. The molecule has 0 spiro atoms. The molecule has 3 rings (SSSR count). The molecule has 1 aromatic heterocycles. The Morgan fingerprint density at radius 1 is 1.14 bits per heavy atom. The summed E-state index contributed by atoms with van der Waals surface area (Å²) in [6.07, 6.45) is 1.47. The number of halogens is 2. The number of nitrogens with two attached hydrogens (primary N) is 1.